The van der Waals surface area contributed by atoms with Crippen LogP contribution in [0.4, 0.5) is 0 Å². The summed E-state index contributed by atoms with van der Waals surface area (Å²) in [4.78, 5) is 12.8. The number of amides is 1. The van der Waals surface area contributed by atoms with E-state index in [2.05, 4.69) is 12.2 Å². The van der Waals surface area contributed by atoms with E-state index in [1.807, 2.05) is 0 Å². The van der Waals surface area contributed by atoms with Crippen molar-refractivity contribution in [3.05, 3.63) is 12.2 Å². The van der Waals surface area contributed by atoms with Gasteiger partial charge >= 0.3 is 0 Å². The number of carbonyl (C=O) groups is 1. The fourth-order valence-electron chi connectivity index (χ4n) is 1.52. The van der Waals surface area contributed by atoms with Crippen molar-refractivity contribution in [2.75, 3.05) is 13.2 Å². The standard InChI is InChI=1S/C9H13NO2/c11-8-7-9-10(8)5-3-1-2-4-6-12-9/h1,3,9H,2,4-7H2/b3-1-. The van der Waals surface area contributed by atoms with E-state index >= 15 is 0 Å². The van der Waals surface area contributed by atoms with Gasteiger partial charge in [-0.3, -0.25) is 4.79 Å². The van der Waals surface area contributed by atoms with Gasteiger partial charge in [-0.1, -0.05) is 12.2 Å². The molecule has 2 aliphatic heterocycles. The van der Waals surface area contributed by atoms with E-state index in [0.29, 0.717) is 6.42 Å². The molecule has 0 aliphatic carbocycles. The van der Waals surface area contributed by atoms with Crippen LogP contribution in [0.1, 0.15) is 19.3 Å². The molecule has 3 nitrogen and oxygen atoms in total. The molecule has 0 aromatic heterocycles. The minimum atomic E-state index is 0.0697. The first kappa shape index (κ1) is 7.80. The first-order chi connectivity index (χ1) is 5.88. The monoisotopic (exact) mass is 167 g/mol. The Hall–Kier alpha value is -0.830. The van der Waals surface area contributed by atoms with Crippen molar-refractivity contribution in [3.63, 3.8) is 0 Å². The summed E-state index contributed by atoms with van der Waals surface area (Å²) in [5, 5.41) is 0. The predicted octanol–water partition coefficient (Wildman–Crippen LogP) is 0.911. The Morgan fingerprint density at radius 1 is 1.50 bits per heavy atom. The molecule has 0 aromatic carbocycles. The number of ether oxygens (including phenoxy) is 1. The van der Waals surface area contributed by atoms with E-state index in [0.717, 1.165) is 26.0 Å². The maximum atomic E-state index is 11.1. The SMILES string of the molecule is O=C1CC2OCCC/C=C\CN12. The van der Waals surface area contributed by atoms with Gasteiger partial charge in [0.1, 0.15) is 6.23 Å². The number of nitrogens with zero attached hydrogens (tertiary/aromatic N) is 1. The summed E-state index contributed by atoms with van der Waals surface area (Å²) < 4.78 is 5.50. The van der Waals surface area contributed by atoms with Crippen LogP contribution in [-0.4, -0.2) is 30.2 Å². The average Bonchev–Trinajstić information content (AvgIpc) is 2.14. The molecule has 1 saturated heterocycles. The molecule has 66 valence electrons. The molecule has 1 unspecified atom stereocenters. The quantitative estimate of drug-likeness (QED) is 0.396. The molecule has 3 heteroatoms. The van der Waals surface area contributed by atoms with Gasteiger partial charge in [0.15, 0.2) is 0 Å². The molecule has 0 radical (unpaired) electrons. The Labute approximate surface area is 72.0 Å². The van der Waals surface area contributed by atoms with Crippen molar-refractivity contribution in [2.45, 2.75) is 25.5 Å². The third kappa shape index (κ3) is 1.37. The molecule has 0 saturated carbocycles. The molecule has 2 heterocycles. The fourth-order valence-corrected chi connectivity index (χ4v) is 1.52. The average molecular weight is 167 g/mol. The third-order valence-electron chi connectivity index (χ3n) is 2.31. The molecule has 12 heavy (non-hydrogen) atoms. The van der Waals surface area contributed by atoms with Gasteiger partial charge in [-0.05, 0) is 12.8 Å². The van der Waals surface area contributed by atoms with Crippen molar-refractivity contribution >= 4 is 5.91 Å². The van der Waals surface area contributed by atoms with Crippen LogP contribution in [0.25, 0.3) is 0 Å². The van der Waals surface area contributed by atoms with Crippen LogP contribution in [0.15, 0.2) is 12.2 Å². The summed E-state index contributed by atoms with van der Waals surface area (Å²) in [7, 11) is 0. The van der Waals surface area contributed by atoms with Crippen LogP contribution in [0.3, 0.4) is 0 Å². The van der Waals surface area contributed by atoms with E-state index in [1.54, 1.807) is 4.90 Å². The van der Waals surface area contributed by atoms with Gasteiger partial charge in [-0.15, -0.1) is 0 Å². The summed E-state index contributed by atoms with van der Waals surface area (Å²) in [5.74, 6) is 0.214. The second-order valence-corrected chi connectivity index (χ2v) is 3.19. The first-order valence-corrected chi connectivity index (χ1v) is 4.44. The first-order valence-electron chi connectivity index (χ1n) is 4.44. The minimum absolute atomic E-state index is 0.0697. The van der Waals surface area contributed by atoms with Crippen molar-refractivity contribution < 1.29 is 9.53 Å². The van der Waals surface area contributed by atoms with Crippen molar-refractivity contribution in [1.82, 2.24) is 4.90 Å². The maximum Gasteiger partial charge on any atom is 0.229 e. The molecule has 1 amide bonds. The van der Waals surface area contributed by atoms with Gasteiger partial charge in [0.2, 0.25) is 5.91 Å². The number of carbonyl (C=O) groups excluding carboxylic acids is 1. The van der Waals surface area contributed by atoms with E-state index < -0.39 is 0 Å². The zero-order chi connectivity index (χ0) is 8.39. The van der Waals surface area contributed by atoms with Gasteiger partial charge in [0.05, 0.1) is 6.42 Å². The summed E-state index contributed by atoms with van der Waals surface area (Å²) >= 11 is 0. The summed E-state index contributed by atoms with van der Waals surface area (Å²) in [5.41, 5.74) is 0. The van der Waals surface area contributed by atoms with Crippen LogP contribution in [0.2, 0.25) is 0 Å². The molecule has 0 N–H and O–H groups in total. The predicted molar refractivity (Wildman–Crippen MR) is 44.4 cm³/mol. The molecule has 2 rings (SSSR count). The topological polar surface area (TPSA) is 29.5 Å². The van der Waals surface area contributed by atoms with Crippen molar-refractivity contribution in [3.8, 4) is 0 Å². The highest BCUT2D eigenvalue weighted by Gasteiger charge is 2.35. The highest BCUT2D eigenvalue weighted by molar-refractivity contribution is 5.82. The van der Waals surface area contributed by atoms with Gasteiger partial charge in [-0.2, -0.15) is 0 Å². The molecule has 0 bridgehead atoms. The zero-order valence-corrected chi connectivity index (χ0v) is 7.03. The van der Waals surface area contributed by atoms with Crippen LogP contribution in [0, 0.1) is 0 Å². The number of β-lactam (4-membered cyclic amide) rings is 1. The summed E-state index contributed by atoms with van der Waals surface area (Å²) in [6.07, 6.45) is 6.95. The Bertz CT molecular complexity index is 213. The lowest BCUT2D eigenvalue weighted by Gasteiger charge is -2.38. The van der Waals surface area contributed by atoms with Crippen LogP contribution in [-0.2, 0) is 9.53 Å². The van der Waals surface area contributed by atoms with Crippen LogP contribution in [0.5, 0.6) is 0 Å². The van der Waals surface area contributed by atoms with Crippen molar-refractivity contribution in [2.24, 2.45) is 0 Å². The van der Waals surface area contributed by atoms with E-state index in [9.17, 15) is 4.79 Å². The summed E-state index contributed by atoms with van der Waals surface area (Å²) in [6.45, 7) is 1.50. The normalized spacial score (nSPS) is 32.5. The fraction of sp³-hybridized carbons (Fsp3) is 0.667. The van der Waals surface area contributed by atoms with E-state index in [-0.39, 0.29) is 12.1 Å². The molecule has 2 aliphatic rings. The summed E-state index contributed by atoms with van der Waals surface area (Å²) in [6, 6.07) is 0. The molecular weight excluding hydrogens is 154 g/mol. The lowest BCUT2D eigenvalue weighted by atomic mass is 10.1. The van der Waals surface area contributed by atoms with Gasteiger partial charge in [0, 0.05) is 13.2 Å². The maximum absolute atomic E-state index is 11.1. The van der Waals surface area contributed by atoms with E-state index in [1.165, 1.54) is 0 Å². The Morgan fingerprint density at radius 2 is 2.42 bits per heavy atom. The van der Waals surface area contributed by atoms with Crippen LogP contribution >= 0.6 is 0 Å². The number of allylic oxidation sites excluding steroid dienone is 1. The lowest BCUT2D eigenvalue weighted by molar-refractivity contribution is -0.172. The molecule has 1 fully saturated rings. The second kappa shape index (κ2) is 3.27. The Kier molecular flexibility index (Phi) is 2.13. The smallest absolute Gasteiger partial charge is 0.229 e. The van der Waals surface area contributed by atoms with Gasteiger partial charge in [0.25, 0.3) is 0 Å². The lowest BCUT2D eigenvalue weighted by Crippen LogP contribution is -2.53. The number of rotatable bonds is 0. The highest BCUT2D eigenvalue weighted by atomic mass is 16.5. The van der Waals surface area contributed by atoms with Crippen molar-refractivity contribution in [1.29, 1.82) is 0 Å². The van der Waals surface area contributed by atoms with E-state index in [4.69, 9.17) is 4.74 Å². The highest BCUT2D eigenvalue weighted by Crippen LogP contribution is 2.21. The molecule has 1 atom stereocenters. The zero-order valence-electron chi connectivity index (χ0n) is 7.03. The Morgan fingerprint density at radius 3 is 3.25 bits per heavy atom. The van der Waals surface area contributed by atoms with Crippen LogP contribution < -0.4 is 0 Å². The number of hydrogen-bond donors (Lipinski definition) is 0. The molecule has 0 spiro atoms. The largest absolute Gasteiger partial charge is 0.358 e. The minimum Gasteiger partial charge on any atom is -0.358 e. The molecule has 0 aromatic rings. The number of hydrogen-bond acceptors (Lipinski definition) is 2. The number of fused-ring (bicyclic) bond motifs is 1. The second-order valence-electron chi connectivity index (χ2n) is 3.19. The third-order valence-corrected chi connectivity index (χ3v) is 2.31. The molecular formula is C9H13NO2. The van der Waals surface area contributed by atoms with Gasteiger partial charge in [-0.25, -0.2) is 0 Å². The Balaban J connectivity index is 1.97. The van der Waals surface area contributed by atoms with Gasteiger partial charge < -0.3 is 9.64 Å².